The molecule has 0 saturated carbocycles. The van der Waals surface area contributed by atoms with Crippen LogP contribution in [0.3, 0.4) is 0 Å². The Labute approximate surface area is 275 Å². The number of imide groups is 1. The number of amides is 2. The first-order valence-corrected chi connectivity index (χ1v) is 17.8. The van der Waals surface area contributed by atoms with Gasteiger partial charge in [-0.1, -0.05) is 106 Å². The summed E-state index contributed by atoms with van der Waals surface area (Å²) in [5.41, 5.74) is 3.40. The van der Waals surface area contributed by atoms with Crippen molar-refractivity contribution in [3.63, 3.8) is 0 Å². The molecule has 2 amide bonds. The minimum absolute atomic E-state index is 0.119. The molecule has 0 aliphatic carbocycles. The minimum atomic E-state index is -2.67. The van der Waals surface area contributed by atoms with Crippen LogP contribution in [-0.2, 0) is 20.6 Å². The average molecular weight is 637 g/mol. The molecule has 7 rings (SSSR count). The number of carbonyl (C=O) groups is 2. The number of nitrogens with zero attached hydrogens (tertiary/aromatic N) is 3. The van der Waals surface area contributed by atoms with Gasteiger partial charge in [-0.25, -0.2) is 4.98 Å². The predicted molar refractivity (Wildman–Crippen MR) is 190 cm³/mol. The van der Waals surface area contributed by atoms with Crippen LogP contribution in [-0.4, -0.2) is 41.3 Å². The molecule has 7 nitrogen and oxygen atoms in total. The Morgan fingerprint density at radius 2 is 1.34 bits per heavy atom. The fourth-order valence-corrected chi connectivity index (χ4v) is 11.6. The van der Waals surface area contributed by atoms with Crippen LogP contribution in [0.15, 0.2) is 122 Å². The Kier molecular flexibility index (Phi) is 7.91. The molecule has 3 aromatic heterocycles. The quantitative estimate of drug-likeness (QED) is 0.117. The lowest BCUT2D eigenvalue weighted by molar-refractivity contribution is -0.122. The first kappa shape index (κ1) is 30.5. The molecular weight excluding hydrogens is 601 g/mol. The summed E-state index contributed by atoms with van der Waals surface area (Å²) < 4.78 is 9.20. The van der Waals surface area contributed by atoms with Crippen molar-refractivity contribution in [2.75, 3.05) is 6.61 Å². The summed E-state index contributed by atoms with van der Waals surface area (Å²) in [6.07, 6.45) is 6.14. The highest BCUT2D eigenvalue weighted by molar-refractivity contribution is 6.99. The Morgan fingerprint density at radius 3 is 2.02 bits per heavy atom. The van der Waals surface area contributed by atoms with E-state index in [1.807, 2.05) is 60.8 Å². The first-order valence-electron chi connectivity index (χ1n) is 15.9. The summed E-state index contributed by atoms with van der Waals surface area (Å²) in [5, 5.41) is 6.62. The summed E-state index contributed by atoms with van der Waals surface area (Å²) >= 11 is 0. The van der Waals surface area contributed by atoms with Gasteiger partial charge >= 0.3 is 0 Å². The fourth-order valence-electron chi connectivity index (χ4n) is 6.99. The predicted octanol–water partition coefficient (Wildman–Crippen LogP) is 6.12. The second kappa shape index (κ2) is 12.2. The summed E-state index contributed by atoms with van der Waals surface area (Å²) in [4.78, 5) is 36.0. The van der Waals surface area contributed by atoms with Crippen LogP contribution in [0.1, 0.15) is 38.3 Å². The molecule has 47 heavy (non-hydrogen) atoms. The van der Waals surface area contributed by atoms with E-state index in [0.29, 0.717) is 40.9 Å². The van der Waals surface area contributed by atoms with E-state index in [2.05, 4.69) is 84.2 Å². The molecule has 1 N–H and O–H groups in total. The molecule has 0 bridgehead atoms. The van der Waals surface area contributed by atoms with Crippen LogP contribution in [0.25, 0.3) is 33.1 Å². The van der Waals surface area contributed by atoms with E-state index >= 15 is 0 Å². The third-order valence-electron chi connectivity index (χ3n) is 9.02. The number of carbonyl (C=O) groups excluding carboxylic acids is 2. The van der Waals surface area contributed by atoms with Crippen LogP contribution in [0.2, 0.25) is 5.04 Å². The van der Waals surface area contributed by atoms with Crippen molar-refractivity contribution in [1.29, 1.82) is 0 Å². The van der Waals surface area contributed by atoms with Gasteiger partial charge in [0.25, 0.3) is 20.1 Å². The van der Waals surface area contributed by atoms with Gasteiger partial charge in [0.05, 0.1) is 16.7 Å². The Hall–Kier alpha value is -5.18. The molecule has 1 aliphatic heterocycles. The molecule has 1 aliphatic rings. The topological polar surface area (TPSA) is 86.1 Å². The fraction of sp³-hybridized carbons (Fsp3) is 0.179. The standard InChI is InChI=1S/C39H36N4O3Si/c1-39(2,3)47(28-16-6-4-7-17-28,29-18-8-5-9-19-29)46-25-13-24-43-26-32(30-21-12-23-41-36(30)43)34-33(37(44)42-38(34)45)31-20-10-14-27-15-11-22-40-35(27)31/h4-12,14-23,26H,13,24-25H2,1-3H3,(H,42,44,45). The highest BCUT2D eigenvalue weighted by Gasteiger charge is 2.50. The molecule has 3 aromatic carbocycles. The number of hydrogen-bond donors (Lipinski definition) is 1. The number of nitrogens with one attached hydrogen (secondary N) is 1. The van der Waals surface area contributed by atoms with Crippen molar-refractivity contribution < 1.29 is 14.0 Å². The van der Waals surface area contributed by atoms with Crippen molar-refractivity contribution in [3.05, 3.63) is 133 Å². The second-order valence-corrected chi connectivity index (χ2v) is 17.2. The molecule has 0 fully saturated rings. The summed E-state index contributed by atoms with van der Waals surface area (Å²) in [6.45, 7) is 8.00. The monoisotopic (exact) mass is 636 g/mol. The minimum Gasteiger partial charge on any atom is -0.407 e. The van der Waals surface area contributed by atoms with E-state index < -0.39 is 20.1 Å². The lowest BCUT2D eigenvalue weighted by Crippen LogP contribution is -2.66. The molecule has 0 spiro atoms. The summed E-state index contributed by atoms with van der Waals surface area (Å²) in [6, 6.07) is 34.6. The normalized spacial score (nSPS) is 13.9. The maximum atomic E-state index is 13.4. The number of para-hydroxylation sites is 1. The zero-order valence-corrected chi connectivity index (χ0v) is 27.7. The Morgan fingerprint density at radius 1 is 0.723 bits per heavy atom. The smallest absolute Gasteiger partial charge is 0.261 e. The maximum Gasteiger partial charge on any atom is 0.261 e. The number of aromatic nitrogens is 3. The number of benzene rings is 3. The van der Waals surface area contributed by atoms with Crippen LogP contribution >= 0.6 is 0 Å². The van der Waals surface area contributed by atoms with Gasteiger partial charge in [0.1, 0.15) is 5.65 Å². The van der Waals surface area contributed by atoms with Crippen molar-refractivity contribution in [1.82, 2.24) is 19.9 Å². The zero-order valence-electron chi connectivity index (χ0n) is 26.7. The van der Waals surface area contributed by atoms with Gasteiger partial charge in [0.2, 0.25) is 0 Å². The lowest BCUT2D eigenvalue weighted by atomic mass is 9.94. The second-order valence-electron chi connectivity index (χ2n) is 12.9. The highest BCUT2D eigenvalue weighted by Crippen LogP contribution is 2.39. The van der Waals surface area contributed by atoms with Crippen LogP contribution in [0.5, 0.6) is 0 Å². The Bertz CT molecular complexity index is 2110. The van der Waals surface area contributed by atoms with Gasteiger partial charge < -0.3 is 8.99 Å². The number of aryl methyl sites for hydroxylation is 1. The summed E-state index contributed by atoms with van der Waals surface area (Å²) in [5.74, 6) is -0.845. The van der Waals surface area contributed by atoms with Crippen molar-refractivity contribution in [2.45, 2.75) is 38.8 Å². The maximum absolute atomic E-state index is 13.4. The molecule has 0 unspecified atom stereocenters. The Balaban J connectivity index is 1.24. The first-order chi connectivity index (χ1) is 22.8. The van der Waals surface area contributed by atoms with Gasteiger partial charge in [-0.15, -0.1) is 0 Å². The van der Waals surface area contributed by atoms with Gasteiger partial charge in [-0.05, 0) is 40.0 Å². The third kappa shape index (κ3) is 5.29. The van der Waals surface area contributed by atoms with Crippen molar-refractivity contribution in [2.24, 2.45) is 0 Å². The number of pyridine rings is 2. The molecule has 4 heterocycles. The van der Waals surface area contributed by atoms with E-state index in [4.69, 9.17) is 9.41 Å². The largest absolute Gasteiger partial charge is 0.407 e. The molecule has 0 saturated heterocycles. The van der Waals surface area contributed by atoms with Crippen molar-refractivity contribution >= 4 is 63.6 Å². The van der Waals surface area contributed by atoms with Crippen LogP contribution in [0.4, 0.5) is 0 Å². The average Bonchev–Trinajstić information content (AvgIpc) is 3.59. The third-order valence-corrected chi connectivity index (χ3v) is 14.1. The molecular formula is C39H36N4O3Si. The number of hydrogen-bond acceptors (Lipinski definition) is 5. The summed E-state index contributed by atoms with van der Waals surface area (Å²) in [7, 11) is -2.67. The molecule has 234 valence electrons. The van der Waals surface area contributed by atoms with E-state index in [1.54, 1.807) is 12.4 Å². The molecule has 0 atom stereocenters. The SMILES string of the molecule is CC(C)(C)[Si](OCCCn1cc(C2=C(c3cccc4cccnc34)C(=O)NC2=O)c2cccnc21)(c1ccccc1)c1ccccc1. The van der Waals surface area contributed by atoms with E-state index in [-0.39, 0.29) is 5.04 Å². The molecule has 0 radical (unpaired) electrons. The molecule has 6 aromatic rings. The van der Waals surface area contributed by atoms with Crippen molar-refractivity contribution in [3.8, 4) is 0 Å². The van der Waals surface area contributed by atoms with E-state index in [1.165, 1.54) is 10.4 Å². The van der Waals surface area contributed by atoms with Gasteiger partial charge in [0, 0.05) is 53.6 Å². The van der Waals surface area contributed by atoms with Crippen LogP contribution in [0, 0.1) is 0 Å². The van der Waals surface area contributed by atoms with Gasteiger partial charge in [-0.2, -0.15) is 0 Å². The lowest BCUT2D eigenvalue weighted by Gasteiger charge is -2.43. The van der Waals surface area contributed by atoms with E-state index in [0.717, 1.165) is 22.8 Å². The van der Waals surface area contributed by atoms with Gasteiger partial charge in [-0.3, -0.25) is 19.9 Å². The molecule has 8 heteroatoms. The number of rotatable bonds is 9. The van der Waals surface area contributed by atoms with Crippen LogP contribution < -0.4 is 15.7 Å². The number of fused-ring (bicyclic) bond motifs is 2. The van der Waals surface area contributed by atoms with E-state index in [9.17, 15) is 9.59 Å². The van der Waals surface area contributed by atoms with Gasteiger partial charge in [0.15, 0.2) is 0 Å². The highest BCUT2D eigenvalue weighted by atomic mass is 28.4. The zero-order chi connectivity index (χ0) is 32.6.